The molecule has 1 aromatic rings. The number of rotatable bonds is 3. The van der Waals surface area contributed by atoms with Gasteiger partial charge in [0.25, 0.3) is 0 Å². The van der Waals surface area contributed by atoms with Crippen LogP contribution in [-0.4, -0.2) is 8.32 Å². The van der Waals surface area contributed by atoms with Gasteiger partial charge in [0, 0.05) is 4.88 Å². The first-order valence-electron chi connectivity index (χ1n) is 4.14. The number of hydrogen-bond acceptors (Lipinski definition) is 3. The Bertz CT molecular complexity index is 296. The zero-order valence-electron chi connectivity index (χ0n) is 8.07. The van der Waals surface area contributed by atoms with E-state index in [4.69, 9.17) is 9.69 Å². The first-order valence-corrected chi connectivity index (χ1v) is 8.42. The zero-order valence-corrected chi connectivity index (χ0v) is 9.89. The van der Waals surface area contributed by atoms with Crippen LogP contribution in [0.3, 0.4) is 0 Å². The molecule has 0 fully saturated rings. The summed E-state index contributed by atoms with van der Waals surface area (Å²) in [5, 5.41) is 10.9. The van der Waals surface area contributed by atoms with Crippen LogP contribution in [0.2, 0.25) is 19.6 Å². The van der Waals surface area contributed by atoms with Crippen molar-refractivity contribution in [2.24, 2.45) is 0 Å². The van der Waals surface area contributed by atoms with Crippen LogP contribution in [0.15, 0.2) is 17.5 Å². The molecule has 0 amide bonds. The summed E-state index contributed by atoms with van der Waals surface area (Å²) >= 11 is 1.57. The molecule has 0 saturated carbocycles. The molecule has 0 radical (unpaired) electrons. The molecule has 1 atom stereocenters. The van der Waals surface area contributed by atoms with Gasteiger partial charge in [-0.3, -0.25) is 0 Å². The third-order valence-corrected chi connectivity index (χ3v) is 3.25. The Morgan fingerprint density at radius 2 is 2.23 bits per heavy atom. The van der Waals surface area contributed by atoms with Gasteiger partial charge in [-0.05, 0) is 31.1 Å². The third-order valence-electron chi connectivity index (χ3n) is 1.39. The minimum atomic E-state index is -1.61. The van der Waals surface area contributed by atoms with Crippen molar-refractivity contribution in [1.29, 1.82) is 5.26 Å². The van der Waals surface area contributed by atoms with Crippen LogP contribution in [0.25, 0.3) is 0 Å². The molecular formula is C9H13NOSSi. The fourth-order valence-electron chi connectivity index (χ4n) is 0.942. The third kappa shape index (κ3) is 3.31. The maximum Gasteiger partial charge on any atom is 0.186 e. The minimum Gasteiger partial charge on any atom is -0.398 e. The van der Waals surface area contributed by atoms with Crippen molar-refractivity contribution in [1.82, 2.24) is 0 Å². The van der Waals surface area contributed by atoms with Gasteiger partial charge in [-0.15, -0.1) is 11.3 Å². The van der Waals surface area contributed by atoms with E-state index in [-0.39, 0.29) is 6.10 Å². The predicted molar refractivity (Wildman–Crippen MR) is 57.1 cm³/mol. The van der Waals surface area contributed by atoms with Gasteiger partial charge < -0.3 is 4.43 Å². The molecule has 0 bridgehead atoms. The van der Waals surface area contributed by atoms with Crippen molar-refractivity contribution in [2.75, 3.05) is 0 Å². The lowest BCUT2D eigenvalue weighted by Gasteiger charge is -2.20. The van der Waals surface area contributed by atoms with Crippen molar-refractivity contribution < 1.29 is 4.43 Å². The Morgan fingerprint density at radius 3 is 2.62 bits per heavy atom. The average Bonchev–Trinajstić information content (AvgIpc) is 2.50. The Morgan fingerprint density at radius 1 is 1.54 bits per heavy atom. The molecule has 1 rings (SSSR count). The van der Waals surface area contributed by atoms with E-state index in [2.05, 4.69) is 25.7 Å². The highest BCUT2D eigenvalue weighted by Gasteiger charge is 2.22. The smallest absolute Gasteiger partial charge is 0.186 e. The second kappa shape index (κ2) is 4.05. The highest BCUT2D eigenvalue weighted by Crippen LogP contribution is 2.25. The summed E-state index contributed by atoms with van der Waals surface area (Å²) in [4.78, 5) is 1.00. The van der Waals surface area contributed by atoms with E-state index in [1.54, 1.807) is 11.3 Å². The average molecular weight is 211 g/mol. The van der Waals surface area contributed by atoms with Crippen LogP contribution in [0.4, 0.5) is 0 Å². The molecule has 0 spiro atoms. The zero-order chi connectivity index (χ0) is 9.90. The van der Waals surface area contributed by atoms with E-state index < -0.39 is 8.32 Å². The second-order valence-corrected chi connectivity index (χ2v) is 9.19. The van der Waals surface area contributed by atoms with Crippen LogP contribution in [0.5, 0.6) is 0 Å². The van der Waals surface area contributed by atoms with Crippen molar-refractivity contribution in [2.45, 2.75) is 25.7 Å². The van der Waals surface area contributed by atoms with E-state index in [1.165, 1.54) is 0 Å². The predicted octanol–water partition coefficient (Wildman–Crippen LogP) is 3.16. The lowest BCUT2D eigenvalue weighted by atomic mass is 10.3. The summed E-state index contributed by atoms with van der Waals surface area (Å²) in [5.74, 6) is 0. The summed E-state index contributed by atoms with van der Waals surface area (Å²) in [7, 11) is -1.61. The number of nitriles is 1. The first-order chi connectivity index (χ1) is 6.03. The van der Waals surface area contributed by atoms with Gasteiger partial charge in [-0.2, -0.15) is 5.26 Å². The van der Waals surface area contributed by atoms with Crippen LogP contribution >= 0.6 is 11.3 Å². The summed E-state index contributed by atoms with van der Waals surface area (Å²) in [6.07, 6.45) is -0.369. The maximum absolute atomic E-state index is 8.92. The Balaban J connectivity index is 2.72. The molecule has 0 saturated heterocycles. The molecule has 1 unspecified atom stereocenters. The van der Waals surface area contributed by atoms with Crippen molar-refractivity contribution in [3.8, 4) is 6.07 Å². The second-order valence-electron chi connectivity index (χ2n) is 3.75. The van der Waals surface area contributed by atoms with Crippen molar-refractivity contribution in [3.63, 3.8) is 0 Å². The topological polar surface area (TPSA) is 33.0 Å². The highest BCUT2D eigenvalue weighted by molar-refractivity contribution is 7.10. The van der Waals surface area contributed by atoms with Crippen LogP contribution < -0.4 is 0 Å². The molecule has 0 aliphatic carbocycles. The van der Waals surface area contributed by atoms with Gasteiger partial charge in [-0.1, -0.05) is 6.07 Å². The number of nitrogens with zero attached hydrogens (tertiary/aromatic N) is 1. The lowest BCUT2D eigenvalue weighted by Crippen LogP contribution is -2.27. The Kier molecular flexibility index (Phi) is 3.26. The molecule has 4 heteroatoms. The van der Waals surface area contributed by atoms with Gasteiger partial charge in [0.2, 0.25) is 0 Å². The van der Waals surface area contributed by atoms with Gasteiger partial charge in [0.1, 0.15) is 0 Å². The van der Waals surface area contributed by atoms with Crippen LogP contribution in [0, 0.1) is 11.3 Å². The molecule has 70 valence electrons. The van der Waals surface area contributed by atoms with E-state index in [9.17, 15) is 0 Å². The van der Waals surface area contributed by atoms with E-state index in [0.717, 1.165) is 4.88 Å². The van der Waals surface area contributed by atoms with Crippen molar-refractivity contribution in [3.05, 3.63) is 22.4 Å². The maximum atomic E-state index is 8.92. The SMILES string of the molecule is C[Si](C)(C)OC(C#N)c1cccs1. The molecule has 13 heavy (non-hydrogen) atoms. The van der Waals surface area contributed by atoms with E-state index in [0.29, 0.717) is 0 Å². The molecule has 0 aromatic carbocycles. The largest absolute Gasteiger partial charge is 0.398 e. The summed E-state index contributed by atoms with van der Waals surface area (Å²) in [6.45, 7) is 6.26. The lowest BCUT2D eigenvalue weighted by molar-refractivity contribution is 0.259. The normalized spacial score (nSPS) is 13.7. The molecule has 1 heterocycles. The summed E-state index contributed by atoms with van der Waals surface area (Å²) in [5.41, 5.74) is 0. The molecule has 0 aliphatic heterocycles. The van der Waals surface area contributed by atoms with Crippen LogP contribution in [-0.2, 0) is 4.43 Å². The minimum absolute atomic E-state index is 0.369. The van der Waals surface area contributed by atoms with Gasteiger partial charge >= 0.3 is 0 Å². The molecule has 1 aromatic heterocycles. The number of thiophene rings is 1. The Hall–Kier alpha value is -0.633. The van der Waals surface area contributed by atoms with E-state index >= 15 is 0 Å². The van der Waals surface area contributed by atoms with Gasteiger partial charge in [0.15, 0.2) is 14.4 Å². The molecular weight excluding hydrogens is 198 g/mol. The highest BCUT2D eigenvalue weighted by atomic mass is 32.1. The van der Waals surface area contributed by atoms with E-state index in [1.807, 2.05) is 17.5 Å². The first kappa shape index (κ1) is 10.4. The fourth-order valence-corrected chi connectivity index (χ4v) is 2.61. The monoisotopic (exact) mass is 211 g/mol. The van der Waals surface area contributed by atoms with Gasteiger partial charge in [0.05, 0.1) is 6.07 Å². The molecule has 0 N–H and O–H groups in total. The Labute approximate surface area is 83.9 Å². The summed E-state index contributed by atoms with van der Waals surface area (Å²) in [6, 6.07) is 6.07. The summed E-state index contributed by atoms with van der Waals surface area (Å²) < 4.78 is 5.72. The number of hydrogen-bond donors (Lipinski definition) is 0. The molecule has 2 nitrogen and oxygen atoms in total. The fraction of sp³-hybridized carbons (Fsp3) is 0.444. The van der Waals surface area contributed by atoms with Gasteiger partial charge in [-0.25, -0.2) is 0 Å². The van der Waals surface area contributed by atoms with Crippen molar-refractivity contribution >= 4 is 19.7 Å². The molecule has 0 aliphatic rings. The quantitative estimate of drug-likeness (QED) is 0.719. The standard InChI is InChI=1S/C9H13NOSSi/c1-13(2,3)11-8(7-10)9-5-4-6-12-9/h4-6,8H,1-3H3. The van der Waals surface area contributed by atoms with Crippen LogP contribution in [0.1, 0.15) is 11.0 Å².